The molecule has 1 amide bonds. The lowest BCUT2D eigenvalue weighted by Gasteiger charge is -2.33. The Balaban J connectivity index is 2.25. The van der Waals surface area contributed by atoms with E-state index in [1.807, 2.05) is 51.1 Å². The van der Waals surface area contributed by atoms with Gasteiger partial charge in [0.25, 0.3) is 0 Å². The Kier molecular flexibility index (Phi) is 6.78. The molecule has 28 heavy (non-hydrogen) atoms. The highest BCUT2D eigenvalue weighted by Crippen LogP contribution is 2.27. The van der Waals surface area contributed by atoms with Gasteiger partial charge in [-0.15, -0.1) is 0 Å². The van der Waals surface area contributed by atoms with Crippen molar-refractivity contribution in [2.75, 3.05) is 10.6 Å². The third-order valence-electron chi connectivity index (χ3n) is 4.45. The van der Waals surface area contributed by atoms with Crippen molar-refractivity contribution in [3.63, 3.8) is 0 Å². The summed E-state index contributed by atoms with van der Waals surface area (Å²) in [6.07, 6.45) is 1.71. The fraction of sp³-hybridized carbons (Fsp3) is 0.381. The van der Waals surface area contributed by atoms with Crippen LogP contribution in [0, 0.1) is 6.92 Å². The lowest BCUT2D eigenvalue weighted by Crippen LogP contribution is -2.54. The minimum absolute atomic E-state index is 0.363. The maximum absolute atomic E-state index is 12.9. The molecule has 0 heterocycles. The summed E-state index contributed by atoms with van der Waals surface area (Å²) in [4.78, 5) is 12.9. The molecular weight excluding hydrogens is 396 g/mol. The van der Waals surface area contributed by atoms with Crippen molar-refractivity contribution < 1.29 is 13.2 Å². The van der Waals surface area contributed by atoms with Gasteiger partial charge in [-0.05, 0) is 57.4 Å². The molecule has 0 saturated carbocycles. The van der Waals surface area contributed by atoms with Crippen LogP contribution >= 0.6 is 11.6 Å². The van der Waals surface area contributed by atoms with Gasteiger partial charge in [0.05, 0.1) is 11.9 Å². The van der Waals surface area contributed by atoms with E-state index in [1.165, 1.54) is 0 Å². The lowest BCUT2D eigenvalue weighted by atomic mass is 9.94. The van der Waals surface area contributed by atoms with Crippen LogP contribution in [-0.2, 0) is 21.2 Å². The number of carbonyl (C=O) groups excluding carboxylic acids is 1. The second-order valence-corrected chi connectivity index (χ2v) is 9.97. The number of rotatable bonds is 7. The fourth-order valence-electron chi connectivity index (χ4n) is 3.12. The smallest absolute Gasteiger partial charge is 0.244 e. The summed E-state index contributed by atoms with van der Waals surface area (Å²) < 4.78 is 26.0. The zero-order valence-electron chi connectivity index (χ0n) is 16.9. The molecule has 2 aromatic rings. The standard InChI is InChI=1S/C21H27ClN2O3S/c1-15-11-12-18(13-19(15)22)24(28(5,26)27)16(2)20(25)23-21(3,4)14-17-9-7-6-8-10-17/h6-13,16H,14H2,1-5H3,(H,23,25)/t16-/m0/s1. The van der Waals surface area contributed by atoms with Gasteiger partial charge < -0.3 is 5.32 Å². The molecule has 0 aliphatic carbocycles. The average molecular weight is 423 g/mol. The van der Waals surface area contributed by atoms with Crippen molar-refractivity contribution in [2.45, 2.75) is 45.7 Å². The fourth-order valence-corrected chi connectivity index (χ4v) is 4.46. The summed E-state index contributed by atoms with van der Waals surface area (Å²) in [6.45, 7) is 7.23. The topological polar surface area (TPSA) is 66.5 Å². The zero-order chi connectivity index (χ0) is 21.1. The predicted octanol–water partition coefficient (Wildman–Crippen LogP) is 3.94. The molecular formula is C21H27ClN2O3S. The Morgan fingerprint density at radius 1 is 1.18 bits per heavy atom. The number of aryl methyl sites for hydroxylation is 1. The van der Waals surface area contributed by atoms with E-state index in [-0.39, 0.29) is 5.91 Å². The average Bonchev–Trinajstić information content (AvgIpc) is 2.57. The van der Waals surface area contributed by atoms with Gasteiger partial charge in [-0.1, -0.05) is 48.0 Å². The molecule has 0 unspecified atom stereocenters. The van der Waals surface area contributed by atoms with Crippen LogP contribution < -0.4 is 9.62 Å². The summed E-state index contributed by atoms with van der Waals surface area (Å²) in [5.74, 6) is -0.372. The van der Waals surface area contributed by atoms with Gasteiger partial charge >= 0.3 is 0 Å². The lowest BCUT2D eigenvalue weighted by molar-refractivity contribution is -0.123. The number of nitrogens with one attached hydrogen (secondary N) is 1. The highest BCUT2D eigenvalue weighted by Gasteiger charge is 2.32. The summed E-state index contributed by atoms with van der Waals surface area (Å²) in [6, 6.07) is 13.9. The van der Waals surface area contributed by atoms with Gasteiger partial charge in [0, 0.05) is 10.6 Å². The van der Waals surface area contributed by atoms with Crippen molar-refractivity contribution >= 4 is 33.2 Å². The van der Waals surface area contributed by atoms with Crippen LogP contribution in [0.4, 0.5) is 5.69 Å². The molecule has 152 valence electrons. The quantitative estimate of drug-likeness (QED) is 0.734. The molecule has 0 spiro atoms. The van der Waals surface area contributed by atoms with E-state index in [4.69, 9.17) is 11.6 Å². The van der Waals surface area contributed by atoms with Crippen LogP contribution in [-0.4, -0.2) is 32.2 Å². The van der Waals surface area contributed by atoms with Crippen LogP contribution in [0.2, 0.25) is 5.02 Å². The molecule has 1 atom stereocenters. The highest BCUT2D eigenvalue weighted by atomic mass is 35.5. The number of hydrogen-bond donors (Lipinski definition) is 1. The number of benzene rings is 2. The second-order valence-electron chi connectivity index (χ2n) is 7.70. The molecule has 2 aromatic carbocycles. The first kappa shape index (κ1) is 22.2. The molecule has 1 N–H and O–H groups in total. The van der Waals surface area contributed by atoms with E-state index in [1.54, 1.807) is 25.1 Å². The molecule has 0 bridgehead atoms. The SMILES string of the molecule is Cc1ccc(N([C@@H](C)C(=O)NC(C)(C)Cc2ccccc2)S(C)(=O)=O)cc1Cl. The number of nitrogens with zero attached hydrogens (tertiary/aromatic N) is 1. The Hall–Kier alpha value is -2.05. The number of halogens is 1. The second kappa shape index (κ2) is 8.53. The molecule has 5 nitrogen and oxygen atoms in total. The molecule has 0 aliphatic rings. The van der Waals surface area contributed by atoms with E-state index in [0.717, 1.165) is 21.7 Å². The Morgan fingerprint density at radius 2 is 1.79 bits per heavy atom. The zero-order valence-corrected chi connectivity index (χ0v) is 18.4. The third-order valence-corrected chi connectivity index (χ3v) is 6.10. The van der Waals surface area contributed by atoms with E-state index >= 15 is 0 Å². The highest BCUT2D eigenvalue weighted by molar-refractivity contribution is 7.92. The Labute approximate surface area is 172 Å². The predicted molar refractivity (Wildman–Crippen MR) is 115 cm³/mol. The molecule has 0 aliphatic heterocycles. The first-order valence-corrected chi connectivity index (χ1v) is 11.2. The largest absolute Gasteiger partial charge is 0.349 e. The maximum atomic E-state index is 12.9. The third kappa shape index (κ3) is 5.72. The van der Waals surface area contributed by atoms with E-state index in [9.17, 15) is 13.2 Å². The van der Waals surface area contributed by atoms with E-state index in [2.05, 4.69) is 5.32 Å². The number of amides is 1. The maximum Gasteiger partial charge on any atom is 0.244 e. The van der Waals surface area contributed by atoms with E-state index in [0.29, 0.717) is 17.1 Å². The number of sulfonamides is 1. The Bertz CT molecular complexity index is 943. The van der Waals surface area contributed by atoms with E-state index < -0.39 is 21.6 Å². The molecule has 0 radical (unpaired) electrons. The van der Waals surface area contributed by atoms with Gasteiger partial charge in [-0.25, -0.2) is 8.42 Å². The normalized spacial score (nSPS) is 13.1. The van der Waals surface area contributed by atoms with Gasteiger partial charge in [0.15, 0.2) is 0 Å². The summed E-state index contributed by atoms with van der Waals surface area (Å²) in [7, 11) is -3.69. The molecule has 0 fully saturated rings. The van der Waals surface area contributed by atoms with Crippen molar-refractivity contribution in [3.8, 4) is 0 Å². The minimum Gasteiger partial charge on any atom is -0.349 e. The van der Waals surface area contributed by atoms with Crippen molar-refractivity contribution in [1.29, 1.82) is 0 Å². The molecule has 2 rings (SSSR count). The van der Waals surface area contributed by atoms with Gasteiger partial charge in [0.1, 0.15) is 6.04 Å². The Morgan fingerprint density at radius 3 is 2.32 bits per heavy atom. The molecule has 0 aromatic heterocycles. The number of carbonyl (C=O) groups is 1. The van der Waals surface area contributed by atoms with Crippen LogP contribution in [0.1, 0.15) is 31.9 Å². The van der Waals surface area contributed by atoms with Crippen LogP contribution in [0.5, 0.6) is 0 Å². The number of anilines is 1. The van der Waals surface area contributed by atoms with Crippen molar-refractivity contribution in [1.82, 2.24) is 5.32 Å². The van der Waals surface area contributed by atoms with Gasteiger partial charge in [0.2, 0.25) is 15.9 Å². The molecule has 7 heteroatoms. The summed E-state index contributed by atoms with van der Waals surface area (Å²) in [5, 5.41) is 3.42. The van der Waals surface area contributed by atoms with Crippen molar-refractivity contribution in [2.24, 2.45) is 0 Å². The van der Waals surface area contributed by atoms with Crippen LogP contribution in [0.25, 0.3) is 0 Å². The monoisotopic (exact) mass is 422 g/mol. The molecule has 0 saturated heterocycles. The summed E-state index contributed by atoms with van der Waals surface area (Å²) >= 11 is 6.17. The van der Waals surface area contributed by atoms with Crippen LogP contribution in [0.15, 0.2) is 48.5 Å². The number of hydrogen-bond acceptors (Lipinski definition) is 3. The van der Waals surface area contributed by atoms with Crippen LogP contribution in [0.3, 0.4) is 0 Å². The van der Waals surface area contributed by atoms with Crippen molar-refractivity contribution in [3.05, 3.63) is 64.7 Å². The first-order valence-electron chi connectivity index (χ1n) is 9.02. The summed E-state index contributed by atoms with van der Waals surface area (Å²) in [5.41, 5.74) is 1.74. The minimum atomic E-state index is -3.69. The first-order chi connectivity index (χ1) is 12.9. The van der Waals surface area contributed by atoms with Gasteiger partial charge in [-0.3, -0.25) is 9.10 Å². The van der Waals surface area contributed by atoms with Gasteiger partial charge in [-0.2, -0.15) is 0 Å².